The van der Waals surface area contributed by atoms with Crippen molar-refractivity contribution >= 4 is 71.5 Å². The summed E-state index contributed by atoms with van der Waals surface area (Å²) in [4.78, 5) is 126. The third-order valence-electron chi connectivity index (χ3n) is 11.7. The van der Waals surface area contributed by atoms with Gasteiger partial charge in [0.05, 0.1) is 5.92 Å². The molecule has 4 fully saturated rings. The van der Waals surface area contributed by atoms with Crippen LogP contribution in [0.25, 0.3) is 0 Å². The second kappa shape index (κ2) is 47.1. The lowest BCUT2D eigenvalue weighted by Crippen LogP contribution is -2.41. The number of rotatable bonds is 22. The number of hydrogen-bond acceptors (Lipinski definition) is 21. The molecule has 0 aromatic rings. The van der Waals surface area contributed by atoms with E-state index in [0.29, 0.717) is 43.9 Å². The zero-order valence-electron chi connectivity index (χ0n) is 49.2. The quantitative estimate of drug-likeness (QED) is 0.0502. The molecule has 1 unspecified atom stereocenters. The van der Waals surface area contributed by atoms with Gasteiger partial charge in [0.1, 0.15) is 48.3 Å². The SMILES string of the molecule is CC(C)C[C@H](N)C(=O)O.CC(N)C(=O)O.CN[C@@H](CC(C)C)C(=O)O.CN[C@@H](CC(C)C)C(=O)OC(=O)[C@@H](N)CCC(N)=O.C[C@H](OC(=O)C1CCCC1)C(=O)O.O=C(O)[C@@H]1CCCN1.O=C(O)[C@@H]1CCCN1.O=C1CC[C@@H](C(=O)O)N1. The Morgan fingerprint density at radius 3 is 1.22 bits per heavy atom. The fraction of sp³-hybridized carbons (Fsp3) is 0.769. The standard InChI is InChI=1S/C12H23N3O4.C9H14O4.C7H15NO2.C6H13NO2.C5H7NO3.2C5H9NO2.C3H7NO2/c1-7(2)6-9(15-3)12(18)19-11(17)8(13)4-5-10(14)16;1-6(8(10)11)13-9(12)7-4-2-3-5-7;1-5(2)4-6(8-3)7(9)10;1-4(2)3-5(7)6(8)9;7-4-2-1-3(6-4)5(8)9;2*7-5(8)4-2-1-3-6-4;1-2(4)3(5)6/h7-9,15H,4-6,13H2,1-3H3,(H2,14,16);6-7H,2-5H2,1H3,(H,10,11);5-6,8H,4H2,1-3H3,(H,9,10);4-5H,3,7H2,1-2H3,(H,8,9);3H,1-2H2,(H,6,7)(H,8,9);2*4,6H,1-3H2,(H,7,8);2H,4H2,1H3,(H,5,6)/t8-,9-;2*6-;5-;3-;2*4-;/m0000000./s1. The molecule has 0 radical (unpaired) electrons. The molecule has 0 bridgehead atoms. The van der Waals surface area contributed by atoms with Gasteiger partial charge in [0, 0.05) is 12.8 Å². The summed E-state index contributed by atoms with van der Waals surface area (Å²) < 4.78 is 9.44. The predicted octanol–water partition coefficient (Wildman–Crippen LogP) is 0.0393. The first-order chi connectivity index (χ1) is 37.9. The molecule has 30 heteroatoms. The molecule has 476 valence electrons. The van der Waals surface area contributed by atoms with Gasteiger partial charge in [0.2, 0.25) is 11.8 Å². The zero-order valence-corrected chi connectivity index (χ0v) is 49.2. The molecule has 0 aromatic carbocycles. The number of ether oxygens (including phenoxy) is 2. The second-order valence-electron chi connectivity index (χ2n) is 20.7. The third kappa shape index (κ3) is 45.2. The fourth-order valence-corrected chi connectivity index (χ4v) is 6.96. The van der Waals surface area contributed by atoms with Crippen LogP contribution in [-0.2, 0) is 67.0 Å². The van der Waals surface area contributed by atoms with Crippen molar-refractivity contribution in [1.82, 2.24) is 26.6 Å². The minimum absolute atomic E-state index is 0.0219. The van der Waals surface area contributed by atoms with Gasteiger partial charge in [-0.1, -0.05) is 54.4 Å². The Morgan fingerprint density at radius 1 is 0.549 bits per heavy atom. The Balaban J connectivity index is -0.000000434. The lowest BCUT2D eigenvalue weighted by Gasteiger charge is -2.17. The maximum atomic E-state index is 11.7. The molecule has 1 aliphatic carbocycles. The zero-order chi connectivity index (χ0) is 64.4. The Bertz CT molecular complexity index is 1910. The monoisotopic (exact) mass is 1180 g/mol. The van der Waals surface area contributed by atoms with Gasteiger partial charge in [-0.05, 0) is 129 Å². The molecule has 3 saturated heterocycles. The number of primary amides is 1. The Labute approximate surface area is 479 Å². The first-order valence-electron chi connectivity index (χ1n) is 27.2. The Kier molecular flexibility index (Phi) is 47.1. The highest BCUT2D eigenvalue weighted by molar-refractivity contribution is 5.91. The summed E-state index contributed by atoms with van der Waals surface area (Å²) in [5, 5.41) is 71.8. The number of nitrogens with one attached hydrogen (secondary N) is 5. The Hall–Kier alpha value is -6.44. The second-order valence-corrected chi connectivity index (χ2v) is 20.7. The van der Waals surface area contributed by atoms with E-state index < -0.39 is 95.9 Å². The van der Waals surface area contributed by atoms with E-state index in [4.69, 9.17) is 63.4 Å². The molecule has 4 aliphatic rings. The highest BCUT2D eigenvalue weighted by Gasteiger charge is 2.29. The van der Waals surface area contributed by atoms with Crippen molar-refractivity contribution in [2.45, 2.75) is 206 Å². The van der Waals surface area contributed by atoms with E-state index in [2.05, 4.69) is 31.3 Å². The van der Waals surface area contributed by atoms with Crippen molar-refractivity contribution in [1.29, 1.82) is 0 Å². The summed E-state index contributed by atoms with van der Waals surface area (Å²) in [6, 6.07) is -4.56. The molecular weight excluding hydrogens is 1090 g/mol. The summed E-state index contributed by atoms with van der Waals surface area (Å²) in [6.45, 7) is 16.3. The maximum absolute atomic E-state index is 11.7. The average molecular weight is 1180 g/mol. The van der Waals surface area contributed by atoms with E-state index in [-0.39, 0.29) is 54.7 Å². The van der Waals surface area contributed by atoms with Crippen LogP contribution in [0.3, 0.4) is 0 Å². The van der Waals surface area contributed by atoms with E-state index in [1.54, 1.807) is 14.1 Å². The molecule has 0 aromatic heterocycles. The van der Waals surface area contributed by atoms with Crippen LogP contribution < -0.4 is 49.5 Å². The topological polar surface area (TPSA) is 529 Å². The van der Waals surface area contributed by atoms with Crippen LogP contribution in [0.1, 0.15) is 152 Å². The predicted molar refractivity (Wildman–Crippen MR) is 297 cm³/mol. The van der Waals surface area contributed by atoms with Gasteiger partial charge in [-0.3, -0.25) is 38.4 Å². The molecular formula is C52H97N9O21. The minimum atomic E-state index is -1.09. The van der Waals surface area contributed by atoms with E-state index in [0.717, 1.165) is 64.5 Å². The van der Waals surface area contributed by atoms with Gasteiger partial charge in [-0.25, -0.2) is 19.2 Å². The van der Waals surface area contributed by atoms with Crippen LogP contribution >= 0.6 is 0 Å². The first kappa shape index (κ1) is 82.0. The average Bonchev–Trinajstić information content (AvgIpc) is 4.25. The van der Waals surface area contributed by atoms with Gasteiger partial charge in [-0.15, -0.1) is 0 Å². The minimum Gasteiger partial charge on any atom is -0.480 e. The molecule has 20 N–H and O–H groups in total. The molecule has 82 heavy (non-hydrogen) atoms. The Morgan fingerprint density at radius 2 is 0.976 bits per heavy atom. The molecule has 30 nitrogen and oxygen atoms in total. The van der Waals surface area contributed by atoms with E-state index in [9.17, 15) is 57.5 Å². The summed E-state index contributed by atoms with van der Waals surface area (Å²) in [7, 11) is 3.28. The number of carbonyl (C=O) groups excluding carboxylic acids is 5. The molecule has 0 spiro atoms. The van der Waals surface area contributed by atoms with Crippen LogP contribution in [0.15, 0.2) is 0 Å². The number of carbonyl (C=O) groups is 12. The van der Waals surface area contributed by atoms with Crippen LogP contribution in [0, 0.1) is 23.7 Å². The van der Waals surface area contributed by atoms with Gasteiger partial charge in [0.25, 0.3) is 0 Å². The highest BCUT2D eigenvalue weighted by atomic mass is 16.6. The van der Waals surface area contributed by atoms with Gasteiger partial charge in [-0.2, -0.15) is 0 Å². The number of carboxylic acids is 7. The summed E-state index contributed by atoms with van der Waals surface area (Å²) in [5.41, 5.74) is 20.5. The van der Waals surface area contributed by atoms with Crippen LogP contribution in [-0.4, -0.2) is 189 Å². The van der Waals surface area contributed by atoms with E-state index in [1.807, 2.05) is 41.5 Å². The van der Waals surface area contributed by atoms with E-state index in [1.165, 1.54) is 13.8 Å². The van der Waals surface area contributed by atoms with Gasteiger partial charge in [0.15, 0.2) is 6.10 Å². The molecule has 2 amide bonds. The van der Waals surface area contributed by atoms with Crippen LogP contribution in [0.5, 0.6) is 0 Å². The van der Waals surface area contributed by atoms with Crippen molar-refractivity contribution in [2.75, 3.05) is 27.2 Å². The lowest BCUT2D eigenvalue weighted by molar-refractivity contribution is -0.165. The summed E-state index contributed by atoms with van der Waals surface area (Å²) in [6.07, 6.45) is 8.91. The van der Waals surface area contributed by atoms with Gasteiger partial charge < -0.3 is 94.7 Å². The number of esters is 3. The van der Waals surface area contributed by atoms with Crippen LogP contribution in [0.4, 0.5) is 0 Å². The maximum Gasteiger partial charge on any atom is 0.344 e. The number of nitrogens with two attached hydrogens (primary N) is 4. The fourth-order valence-electron chi connectivity index (χ4n) is 6.96. The van der Waals surface area contributed by atoms with Crippen molar-refractivity contribution in [3.05, 3.63) is 0 Å². The van der Waals surface area contributed by atoms with Crippen molar-refractivity contribution in [3.8, 4) is 0 Å². The summed E-state index contributed by atoms with van der Waals surface area (Å²) in [5.74, 6) is -7.69. The largest absolute Gasteiger partial charge is 0.480 e. The van der Waals surface area contributed by atoms with Gasteiger partial charge >= 0.3 is 59.7 Å². The number of carboxylic acid groups (broad SMARTS) is 7. The number of hydrogen-bond donors (Lipinski definition) is 16. The molecule has 9 atom stereocenters. The molecule has 1 saturated carbocycles. The number of likely N-dealkylation sites (N-methyl/N-ethyl adjacent to an activating group) is 2. The number of aliphatic carboxylic acids is 7. The van der Waals surface area contributed by atoms with Crippen molar-refractivity contribution < 1.29 is 103 Å². The first-order valence-corrected chi connectivity index (χ1v) is 27.2. The lowest BCUT2D eigenvalue weighted by atomic mass is 10.0. The van der Waals surface area contributed by atoms with Crippen LogP contribution in [0.2, 0.25) is 0 Å². The smallest absolute Gasteiger partial charge is 0.344 e. The molecule has 3 aliphatic heterocycles. The van der Waals surface area contributed by atoms with Crippen molar-refractivity contribution in [2.24, 2.45) is 46.6 Å². The van der Waals surface area contributed by atoms with E-state index >= 15 is 0 Å². The molecule has 3 heterocycles. The normalized spacial score (nSPS) is 18.9. The third-order valence-corrected chi connectivity index (χ3v) is 11.7. The number of amides is 2. The highest BCUT2D eigenvalue weighted by Crippen LogP contribution is 2.26. The van der Waals surface area contributed by atoms with Crippen molar-refractivity contribution in [3.63, 3.8) is 0 Å². The summed E-state index contributed by atoms with van der Waals surface area (Å²) >= 11 is 0. The molecule has 4 rings (SSSR count).